The Morgan fingerprint density at radius 2 is 2.00 bits per heavy atom. The van der Waals surface area contributed by atoms with Gasteiger partial charge in [-0.15, -0.1) is 11.3 Å². The molecule has 2 heterocycles. The van der Waals surface area contributed by atoms with Crippen molar-refractivity contribution in [3.63, 3.8) is 0 Å². The monoisotopic (exact) mass is 462 g/mol. The molecule has 0 saturated heterocycles. The molecule has 0 saturated carbocycles. The van der Waals surface area contributed by atoms with Gasteiger partial charge in [-0.25, -0.2) is 4.39 Å². The van der Waals surface area contributed by atoms with Crippen LogP contribution in [0.4, 0.5) is 4.39 Å². The number of amides is 1. The minimum atomic E-state index is -0.346. The van der Waals surface area contributed by atoms with Crippen LogP contribution in [-0.2, 0) is 11.4 Å². The first-order chi connectivity index (χ1) is 14.5. The van der Waals surface area contributed by atoms with Gasteiger partial charge in [-0.3, -0.25) is 4.79 Å². The summed E-state index contributed by atoms with van der Waals surface area (Å²) in [6.07, 6.45) is 0.161. The van der Waals surface area contributed by atoms with Crippen molar-refractivity contribution < 1.29 is 14.0 Å². The number of benzene rings is 2. The lowest BCUT2D eigenvalue weighted by molar-refractivity contribution is 0.0406. The molecule has 1 amide bonds. The molecule has 0 bridgehead atoms. The molecule has 2 aromatic carbocycles. The summed E-state index contributed by atoms with van der Waals surface area (Å²) in [5.74, 6) is -0.513. The summed E-state index contributed by atoms with van der Waals surface area (Å²) in [7, 11) is 0. The van der Waals surface area contributed by atoms with Gasteiger partial charge in [-0.1, -0.05) is 58.7 Å². The average molecular weight is 463 g/mol. The molecule has 1 atom stereocenters. The minimum Gasteiger partial charge on any atom is -0.390 e. The van der Waals surface area contributed by atoms with Gasteiger partial charge in [0.05, 0.1) is 27.2 Å². The van der Waals surface area contributed by atoms with Crippen LogP contribution in [0.25, 0.3) is 0 Å². The summed E-state index contributed by atoms with van der Waals surface area (Å²) in [6.45, 7) is 0.421. The number of nitrogens with zero attached hydrogens (tertiary/aromatic N) is 2. The summed E-state index contributed by atoms with van der Waals surface area (Å²) < 4.78 is 14.2. The van der Waals surface area contributed by atoms with E-state index in [2.05, 4.69) is 5.16 Å². The molecule has 0 spiro atoms. The van der Waals surface area contributed by atoms with Crippen molar-refractivity contribution in [2.24, 2.45) is 5.16 Å². The van der Waals surface area contributed by atoms with Crippen molar-refractivity contribution in [2.45, 2.75) is 19.1 Å². The Labute approximate surface area is 187 Å². The van der Waals surface area contributed by atoms with Crippen molar-refractivity contribution in [1.29, 1.82) is 0 Å². The molecular weight excluding hydrogens is 446 g/mol. The highest BCUT2D eigenvalue weighted by Gasteiger charge is 2.28. The SMILES string of the molecule is O=C(c1cccs1)N(Cc1ccccc1F)C[C@@H]1CC(c2ccc(Cl)c(Cl)c2)=NO1. The number of hydrogen-bond acceptors (Lipinski definition) is 4. The van der Waals surface area contributed by atoms with Gasteiger partial charge >= 0.3 is 0 Å². The Kier molecular flexibility index (Phi) is 6.37. The fourth-order valence-corrected chi connectivity index (χ4v) is 4.21. The number of hydrogen-bond donors (Lipinski definition) is 0. The second-order valence-corrected chi connectivity index (χ2v) is 8.61. The lowest BCUT2D eigenvalue weighted by Gasteiger charge is -2.24. The van der Waals surface area contributed by atoms with Gasteiger partial charge in [0.15, 0.2) is 6.10 Å². The third kappa shape index (κ3) is 4.67. The standard InChI is InChI=1S/C22H17Cl2FN2O2S/c23-17-8-7-14(10-18(17)24)20-11-16(29-26-20)13-27(22(28)21-6-3-9-30-21)12-15-4-1-2-5-19(15)25/h1-10,16H,11-13H2/t16-/m0/s1. The van der Waals surface area contributed by atoms with Gasteiger partial charge in [0.1, 0.15) is 5.82 Å². The third-order valence-corrected chi connectivity index (χ3v) is 6.34. The predicted molar refractivity (Wildman–Crippen MR) is 118 cm³/mol. The van der Waals surface area contributed by atoms with Gasteiger partial charge in [0.25, 0.3) is 5.91 Å². The van der Waals surface area contributed by atoms with Crippen LogP contribution >= 0.6 is 34.5 Å². The summed E-state index contributed by atoms with van der Waals surface area (Å²) >= 11 is 13.4. The first-order valence-corrected chi connectivity index (χ1v) is 10.9. The molecule has 1 aromatic heterocycles. The van der Waals surface area contributed by atoms with E-state index in [0.717, 1.165) is 11.3 Å². The number of rotatable bonds is 6. The Balaban J connectivity index is 1.50. The molecule has 3 aromatic rings. The van der Waals surface area contributed by atoms with E-state index in [1.54, 1.807) is 41.3 Å². The van der Waals surface area contributed by atoms with E-state index in [1.165, 1.54) is 17.4 Å². The van der Waals surface area contributed by atoms with Crippen LogP contribution in [0, 0.1) is 5.82 Å². The van der Waals surface area contributed by atoms with Crippen LogP contribution in [0.15, 0.2) is 65.1 Å². The topological polar surface area (TPSA) is 41.9 Å². The number of thiophene rings is 1. The Bertz CT molecular complexity index is 1090. The van der Waals surface area contributed by atoms with Gasteiger partial charge < -0.3 is 9.74 Å². The van der Waals surface area contributed by atoms with Crippen LogP contribution in [-0.4, -0.2) is 29.2 Å². The van der Waals surface area contributed by atoms with Gasteiger partial charge in [0.2, 0.25) is 0 Å². The minimum absolute atomic E-state index is 0.144. The highest BCUT2D eigenvalue weighted by atomic mass is 35.5. The van der Waals surface area contributed by atoms with E-state index in [1.807, 2.05) is 17.5 Å². The van der Waals surface area contributed by atoms with Crippen LogP contribution in [0.3, 0.4) is 0 Å². The highest BCUT2D eigenvalue weighted by molar-refractivity contribution is 7.12. The van der Waals surface area contributed by atoms with Gasteiger partial charge in [-0.2, -0.15) is 0 Å². The quantitative estimate of drug-likeness (QED) is 0.448. The molecule has 0 N–H and O–H groups in total. The van der Waals surface area contributed by atoms with Crippen LogP contribution < -0.4 is 0 Å². The van der Waals surface area contributed by atoms with E-state index in [-0.39, 0.29) is 30.9 Å². The van der Waals surface area contributed by atoms with E-state index < -0.39 is 0 Å². The van der Waals surface area contributed by atoms with Crippen LogP contribution in [0.5, 0.6) is 0 Å². The van der Waals surface area contributed by atoms with Crippen molar-refractivity contribution in [2.75, 3.05) is 6.54 Å². The molecule has 1 aliphatic heterocycles. The van der Waals surface area contributed by atoms with Gasteiger partial charge in [-0.05, 0) is 29.6 Å². The summed E-state index contributed by atoms with van der Waals surface area (Å²) in [6, 6.07) is 15.3. The molecule has 0 fully saturated rings. The smallest absolute Gasteiger partial charge is 0.264 e. The van der Waals surface area contributed by atoms with Crippen molar-refractivity contribution in [3.8, 4) is 0 Å². The second-order valence-electron chi connectivity index (χ2n) is 6.85. The highest BCUT2D eigenvalue weighted by Crippen LogP contribution is 2.26. The van der Waals surface area contributed by atoms with Gasteiger partial charge in [0, 0.05) is 24.1 Å². The van der Waals surface area contributed by atoms with Crippen LogP contribution in [0.2, 0.25) is 10.0 Å². The fourth-order valence-electron chi connectivity index (χ4n) is 3.23. The van der Waals surface area contributed by atoms with Crippen LogP contribution in [0.1, 0.15) is 27.2 Å². The number of oxime groups is 1. The van der Waals surface area contributed by atoms with Crippen molar-refractivity contribution >= 4 is 46.2 Å². The molecule has 4 rings (SSSR count). The fraction of sp³-hybridized carbons (Fsp3) is 0.182. The first kappa shape index (κ1) is 20.8. The van der Waals surface area contributed by atoms with E-state index >= 15 is 0 Å². The molecule has 4 nitrogen and oxygen atoms in total. The number of carbonyl (C=O) groups is 1. The van der Waals surface area contributed by atoms with E-state index in [9.17, 15) is 9.18 Å². The molecule has 0 unspecified atom stereocenters. The molecule has 8 heteroatoms. The number of halogens is 3. The molecular formula is C22H17Cl2FN2O2S. The molecule has 0 radical (unpaired) electrons. The zero-order chi connectivity index (χ0) is 21.1. The summed E-state index contributed by atoms with van der Waals surface area (Å²) in [5, 5.41) is 6.91. The Morgan fingerprint density at radius 3 is 2.73 bits per heavy atom. The average Bonchev–Trinajstić information content (AvgIpc) is 3.43. The molecule has 30 heavy (non-hydrogen) atoms. The van der Waals surface area contributed by atoms with E-state index in [4.69, 9.17) is 28.0 Å². The maximum Gasteiger partial charge on any atom is 0.264 e. The maximum absolute atomic E-state index is 14.2. The van der Waals surface area contributed by atoms with Crippen molar-refractivity contribution in [3.05, 3.63) is 91.8 Å². The first-order valence-electron chi connectivity index (χ1n) is 9.25. The predicted octanol–water partition coefficient (Wildman–Crippen LogP) is 6.03. The molecule has 0 aliphatic carbocycles. The largest absolute Gasteiger partial charge is 0.390 e. The Morgan fingerprint density at radius 1 is 1.17 bits per heavy atom. The summed E-state index contributed by atoms with van der Waals surface area (Å²) in [5.41, 5.74) is 2.00. The summed E-state index contributed by atoms with van der Waals surface area (Å²) in [4.78, 5) is 20.8. The second kappa shape index (κ2) is 9.16. The van der Waals surface area contributed by atoms with E-state index in [0.29, 0.717) is 26.9 Å². The zero-order valence-corrected chi connectivity index (χ0v) is 18.1. The number of carbonyl (C=O) groups excluding carboxylic acids is 1. The normalized spacial score (nSPS) is 15.6. The van der Waals surface area contributed by atoms with Crippen molar-refractivity contribution in [1.82, 2.24) is 4.90 Å². The molecule has 154 valence electrons. The zero-order valence-electron chi connectivity index (χ0n) is 15.7. The molecule has 1 aliphatic rings. The third-order valence-electron chi connectivity index (χ3n) is 4.75. The maximum atomic E-state index is 14.2. The lowest BCUT2D eigenvalue weighted by atomic mass is 10.0. The lowest BCUT2D eigenvalue weighted by Crippen LogP contribution is -2.37. The Hall–Kier alpha value is -2.41.